The molecule has 6 heteroatoms. The molecule has 0 unspecified atom stereocenters. The zero-order chi connectivity index (χ0) is 21.1. The van der Waals surface area contributed by atoms with E-state index < -0.39 is 0 Å². The summed E-state index contributed by atoms with van der Waals surface area (Å²) in [5, 5.41) is 7.51. The fourth-order valence-electron chi connectivity index (χ4n) is 3.51. The Labute approximate surface area is 175 Å². The third-order valence-corrected chi connectivity index (χ3v) is 5.30. The van der Waals surface area contributed by atoms with Gasteiger partial charge in [0.25, 0.3) is 5.91 Å². The second-order valence-electron chi connectivity index (χ2n) is 7.42. The number of benzene rings is 2. The van der Waals surface area contributed by atoms with Gasteiger partial charge in [-0.15, -0.1) is 0 Å². The molecule has 4 rings (SSSR count). The molecule has 6 nitrogen and oxygen atoms in total. The number of aryl methyl sites for hydroxylation is 2. The summed E-state index contributed by atoms with van der Waals surface area (Å²) in [7, 11) is 0. The van der Waals surface area contributed by atoms with E-state index in [-0.39, 0.29) is 5.91 Å². The Hall–Kier alpha value is -3.67. The summed E-state index contributed by atoms with van der Waals surface area (Å²) < 4.78 is 0. The maximum absolute atomic E-state index is 12.8. The Morgan fingerprint density at radius 2 is 1.87 bits per heavy atom. The number of nitrogens with zero attached hydrogens (tertiary/aromatic N) is 2. The van der Waals surface area contributed by atoms with Gasteiger partial charge in [0.1, 0.15) is 17.3 Å². The van der Waals surface area contributed by atoms with Crippen LogP contribution in [0.4, 0.5) is 11.5 Å². The molecule has 2 aromatic carbocycles. The lowest BCUT2D eigenvalue weighted by atomic mass is 10.1. The summed E-state index contributed by atoms with van der Waals surface area (Å²) >= 11 is 0. The number of rotatable bonds is 6. The first-order valence-electron chi connectivity index (χ1n) is 10.0. The molecule has 2 aromatic heterocycles. The molecule has 0 spiro atoms. The van der Waals surface area contributed by atoms with Crippen LogP contribution in [-0.2, 0) is 6.42 Å². The van der Waals surface area contributed by atoms with Crippen LogP contribution in [0.5, 0.6) is 0 Å². The quantitative estimate of drug-likeness (QED) is 0.435. The number of aromatic nitrogens is 3. The Kier molecular flexibility index (Phi) is 5.48. The van der Waals surface area contributed by atoms with Crippen molar-refractivity contribution < 1.29 is 4.79 Å². The molecule has 0 aliphatic rings. The molecule has 30 heavy (non-hydrogen) atoms. The molecule has 0 aliphatic carbocycles. The Balaban J connectivity index is 1.45. The molecule has 152 valence electrons. The van der Waals surface area contributed by atoms with Crippen LogP contribution in [0.15, 0.2) is 54.7 Å². The van der Waals surface area contributed by atoms with E-state index in [2.05, 4.69) is 37.7 Å². The SMILES string of the molecule is Cc1nc(NCCc2c[nH]c3ccccc23)cc(C(=O)Nc2cccc(C)c2C)n1. The number of H-pyrrole nitrogens is 1. The first-order valence-corrected chi connectivity index (χ1v) is 10.0. The molecule has 0 bridgehead atoms. The van der Waals surface area contributed by atoms with Crippen molar-refractivity contribution in [2.24, 2.45) is 0 Å². The molecule has 0 atom stereocenters. The standard InChI is InChI=1S/C24H25N5O/c1-15-7-6-10-20(16(15)2)29-24(30)22-13-23(28-17(3)27-22)25-12-11-18-14-26-21-9-5-4-8-19(18)21/h4-10,13-14,26H,11-12H2,1-3H3,(H,29,30)(H,25,27,28). The average molecular weight is 399 g/mol. The Morgan fingerprint density at radius 3 is 2.73 bits per heavy atom. The lowest BCUT2D eigenvalue weighted by molar-refractivity contribution is 0.102. The van der Waals surface area contributed by atoms with E-state index in [1.165, 1.54) is 10.9 Å². The van der Waals surface area contributed by atoms with Gasteiger partial charge < -0.3 is 15.6 Å². The molecule has 2 heterocycles. The van der Waals surface area contributed by atoms with Crippen LogP contribution in [-0.4, -0.2) is 27.4 Å². The fraction of sp³-hybridized carbons (Fsp3) is 0.208. The zero-order valence-electron chi connectivity index (χ0n) is 17.4. The number of amides is 1. The van der Waals surface area contributed by atoms with E-state index in [9.17, 15) is 4.79 Å². The van der Waals surface area contributed by atoms with Crippen LogP contribution in [0, 0.1) is 20.8 Å². The number of nitrogens with one attached hydrogen (secondary N) is 3. The van der Waals surface area contributed by atoms with E-state index in [4.69, 9.17) is 0 Å². The number of carbonyl (C=O) groups is 1. The number of anilines is 2. The van der Waals surface area contributed by atoms with Crippen molar-refractivity contribution in [3.05, 3.63) is 82.9 Å². The number of hydrogen-bond acceptors (Lipinski definition) is 4. The fourth-order valence-corrected chi connectivity index (χ4v) is 3.51. The highest BCUT2D eigenvalue weighted by atomic mass is 16.1. The molecule has 0 saturated heterocycles. The van der Waals surface area contributed by atoms with Crippen LogP contribution in [0.25, 0.3) is 10.9 Å². The topological polar surface area (TPSA) is 82.7 Å². The van der Waals surface area contributed by atoms with Gasteiger partial charge in [-0.25, -0.2) is 9.97 Å². The third-order valence-electron chi connectivity index (χ3n) is 5.30. The van der Waals surface area contributed by atoms with Gasteiger partial charge >= 0.3 is 0 Å². The second kappa shape index (κ2) is 8.37. The van der Waals surface area contributed by atoms with Crippen molar-refractivity contribution in [1.82, 2.24) is 15.0 Å². The second-order valence-corrected chi connectivity index (χ2v) is 7.42. The number of aromatic amines is 1. The van der Waals surface area contributed by atoms with E-state index in [1.807, 2.05) is 50.4 Å². The average Bonchev–Trinajstić information content (AvgIpc) is 3.14. The first-order chi connectivity index (χ1) is 14.5. The highest BCUT2D eigenvalue weighted by molar-refractivity contribution is 6.03. The first kappa shape index (κ1) is 19.6. The van der Waals surface area contributed by atoms with Crippen LogP contribution in [0.2, 0.25) is 0 Å². The summed E-state index contributed by atoms with van der Waals surface area (Å²) in [5.41, 5.74) is 5.70. The van der Waals surface area contributed by atoms with Crippen molar-refractivity contribution >= 4 is 28.3 Å². The summed E-state index contributed by atoms with van der Waals surface area (Å²) in [6.45, 7) is 6.51. The molecular weight excluding hydrogens is 374 g/mol. The van der Waals surface area contributed by atoms with Gasteiger partial charge in [0.05, 0.1) is 0 Å². The van der Waals surface area contributed by atoms with Gasteiger partial charge in [-0.3, -0.25) is 4.79 Å². The number of para-hydroxylation sites is 1. The largest absolute Gasteiger partial charge is 0.370 e. The van der Waals surface area contributed by atoms with E-state index >= 15 is 0 Å². The summed E-state index contributed by atoms with van der Waals surface area (Å²) in [4.78, 5) is 24.8. The highest BCUT2D eigenvalue weighted by Gasteiger charge is 2.13. The molecular formula is C24H25N5O. The highest BCUT2D eigenvalue weighted by Crippen LogP contribution is 2.20. The number of hydrogen-bond donors (Lipinski definition) is 3. The normalized spacial score (nSPS) is 10.9. The van der Waals surface area contributed by atoms with Crippen LogP contribution >= 0.6 is 0 Å². The van der Waals surface area contributed by atoms with Gasteiger partial charge in [-0.2, -0.15) is 0 Å². The van der Waals surface area contributed by atoms with Gasteiger partial charge in [-0.1, -0.05) is 30.3 Å². The van der Waals surface area contributed by atoms with Crippen LogP contribution in [0.3, 0.4) is 0 Å². The minimum atomic E-state index is -0.242. The zero-order valence-corrected chi connectivity index (χ0v) is 17.4. The lowest BCUT2D eigenvalue weighted by Gasteiger charge is -2.11. The van der Waals surface area contributed by atoms with Crippen LogP contribution in [0.1, 0.15) is 33.0 Å². The van der Waals surface area contributed by atoms with Crippen molar-refractivity contribution in [3.8, 4) is 0 Å². The molecule has 0 saturated carbocycles. The minimum Gasteiger partial charge on any atom is -0.370 e. The number of fused-ring (bicyclic) bond motifs is 1. The maximum Gasteiger partial charge on any atom is 0.274 e. The van der Waals surface area contributed by atoms with Gasteiger partial charge in [0.2, 0.25) is 0 Å². The summed E-state index contributed by atoms with van der Waals surface area (Å²) in [6.07, 6.45) is 2.89. The monoisotopic (exact) mass is 399 g/mol. The molecule has 0 radical (unpaired) electrons. The molecule has 4 aromatic rings. The van der Waals surface area contributed by atoms with E-state index in [1.54, 1.807) is 13.0 Å². The maximum atomic E-state index is 12.8. The van der Waals surface area contributed by atoms with Crippen molar-refractivity contribution in [2.75, 3.05) is 17.2 Å². The van der Waals surface area contributed by atoms with Crippen molar-refractivity contribution in [3.63, 3.8) is 0 Å². The molecule has 0 aliphatic heterocycles. The third kappa shape index (κ3) is 4.17. The van der Waals surface area contributed by atoms with Crippen LogP contribution < -0.4 is 10.6 Å². The van der Waals surface area contributed by atoms with Crippen molar-refractivity contribution in [1.29, 1.82) is 0 Å². The minimum absolute atomic E-state index is 0.242. The number of carbonyl (C=O) groups excluding carboxylic acids is 1. The lowest BCUT2D eigenvalue weighted by Crippen LogP contribution is -2.17. The smallest absolute Gasteiger partial charge is 0.274 e. The Morgan fingerprint density at radius 1 is 1.03 bits per heavy atom. The van der Waals surface area contributed by atoms with Gasteiger partial charge in [0, 0.05) is 35.4 Å². The summed E-state index contributed by atoms with van der Waals surface area (Å²) in [5.74, 6) is 0.959. The van der Waals surface area contributed by atoms with E-state index in [0.29, 0.717) is 23.9 Å². The van der Waals surface area contributed by atoms with Crippen molar-refractivity contribution in [2.45, 2.75) is 27.2 Å². The summed E-state index contributed by atoms with van der Waals surface area (Å²) in [6, 6.07) is 15.8. The molecule has 0 fully saturated rings. The predicted molar refractivity (Wildman–Crippen MR) is 121 cm³/mol. The van der Waals surface area contributed by atoms with E-state index in [0.717, 1.165) is 28.8 Å². The molecule has 3 N–H and O–H groups in total. The molecule has 1 amide bonds. The Bertz CT molecular complexity index is 1210. The predicted octanol–water partition coefficient (Wildman–Crippen LogP) is 4.79. The van der Waals surface area contributed by atoms with Gasteiger partial charge in [-0.05, 0) is 56.0 Å². The van der Waals surface area contributed by atoms with Gasteiger partial charge in [0.15, 0.2) is 0 Å².